The summed E-state index contributed by atoms with van der Waals surface area (Å²) in [5.74, 6) is 0.0707. The second-order valence-corrected chi connectivity index (χ2v) is 4.51. The number of nitrogens with zero attached hydrogens (tertiary/aromatic N) is 2. The molecule has 5 heteroatoms. The van der Waals surface area contributed by atoms with Crippen LogP contribution in [0.1, 0.15) is 5.56 Å². The Hall–Kier alpha value is -2.40. The minimum atomic E-state index is -0.349. The first kappa shape index (κ1) is 12.6. The topological polar surface area (TPSA) is 52.5 Å². The Bertz CT molecular complexity index is 767. The van der Waals surface area contributed by atoms with Crippen molar-refractivity contribution >= 4 is 11.5 Å². The molecule has 0 aliphatic heterocycles. The summed E-state index contributed by atoms with van der Waals surface area (Å²) in [4.78, 5) is 4.48. The van der Waals surface area contributed by atoms with E-state index in [2.05, 4.69) is 4.98 Å². The van der Waals surface area contributed by atoms with E-state index in [4.69, 9.17) is 10.5 Å². The number of hydrogen-bond acceptors (Lipinski definition) is 3. The van der Waals surface area contributed by atoms with Crippen LogP contribution in [-0.4, -0.2) is 16.5 Å². The smallest absolute Gasteiger partial charge is 0.140 e. The number of hydrogen-bond donors (Lipinski definition) is 1. The second kappa shape index (κ2) is 4.94. The number of imidazole rings is 1. The SMILES string of the molecule is COCc1ccccc1-c1nc2ccc(F)cn2c1N. The molecule has 1 aromatic carbocycles. The number of ether oxygens (including phenoxy) is 1. The first-order valence-corrected chi connectivity index (χ1v) is 6.21. The van der Waals surface area contributed by atoms with E-state index >= 15 is 0 Å². The second-order valence-electron chi connectivity index (χ2n) is 4.51. The van der Waals surface area contributed by atoms with Gasteiger partial charge in [0.25, 0.3) is 0 Å². The summed E-state index contributed by atoms with van der Waals surface area (Å²) in [6.45, 7) is 0.470. The van der Waals surface area contributed by atoms with E-state index in [0.717, 1.165) is 11.1 Å². The highest BCUT2D eigenvalue weighted by Crippen LogP contribution is 2.29. The predicted octanol–water partition coefficient (Wildman–Crippen LogP) is 2.87. The number of fused-ring (bicyclic) bond motifs is 1. The molecule has 0 saturated carbocycles. The molecular weight excluding hydrogens is 257 g/mol. The van der Waals surface area contributed by atoms with Gasteiger partial charge in [-0.2, -0.15) is 0 Å². The van der Waals surface area contributed by atoms with E-state index < -0.39 is 0 Å². The molecule has 0 radical (unpaired) electrons. The van der Waals surface area contributed by atoms with Crippen molar-refractivity contribution in [1.82, 2.24) is 9.38 Å². The van der Waals surface area contributed by atoms with Crippen molar-refractivity contribution in [2.45, 2.75) is 6.61 Å². The third-order valence-corrected chi connectivity index (χ3v) is 3.19. The lowest BCUT2D eigenvalue weighted by atomic mass is 10.1. The maximum absolute atomic E-state index is 13.3. The van der Waals surface area contributed by atoms with E-state index in [1.165, 1.54) is 12.3 Å². The molecule has 3 aromatic rings. The fraction of sp³-hybridized carbons (Fsp3) is 0.133. The lowest BCUT2D eigenvalue weighted by molar-refractivity contribution is 0.185. The quantitative estimate of drug-likeness (QED) is 0.797. The highest BCUT2D eigenvalue weighted by atomic mass is 19.1. The number of nitrogen functional groups attached to an aromatic ring is 1. The molecule has 2 aromatic heterocycles. The van der Waals surface area contributed by atoms with Gasteiger partial charge in [-0.25, -0.2) is 9.37 Å². The van der Waals surface area contributed by atoms with Gasteiger partial charge >= 0.3 is 0 Å². The van der Waals surface area contributed by atoms with Crippen molar-refractivity contribution in [3.05, 3.63) is 54.0 Å². The fourth-order valence-corrected chi connectivity index (χ4v) is 2.27. The summed E-state index contributed by atoms with van der Waals surface area (Å²) in [6, 6.07) is 10.7. The number of rotatable bonds is 3. The Balaban J connectivity index is 2.22. The number of pyridine rings is 1. The van der Waals surface area contributed by atoms with Crippen molar-refractivity contribution in [2.75, 3.05) is 12.8 Å². The van der Waals surface area contributed by atoms with Crippen LogP contribution in [0.3, 0.4) is 0 Å². The highest BCUT2D eigenvalue weighted by molar-refractivity contribution is 5.77. The van der Waals surface area contributed by atoms with Crippen LogP contribution in [0.4, 0.5) is 10.2 Å². The number of anilines is 1. The molecule has 0 fully saturated rings. The van der Waals surface area contributed by atoms with Gasteiger partial charge in [0.15, 0.2) is 0 Å². The van der Waals surface area contributed by atoms with Gasteiger partial charge in [0.05, 0.1) is 6.61 Å². The van der Waals surface area contributed by atoms with Crippen molar-refractivity contribution < 1.29 is 9.13 Å². The first-order chi connectivity index (χ1) is 9.70. The Morgan fingerprint density at radius 1 is 1.25 bits per heavy atom. The zero-order valence-electron chi connectivity index (χ0n) is 11.0. The molecule has 0 saturated heterocycles. The molecule has 20 heavy (non-hydrogen) atoms. The van der Waals surface area contributed by atoms with Crippen LogP contribution < -0.4 is 5.73 Å². The maximum Gasteiger partial charge on any atom is 0.140 e. The lowest BCUT2D eigenvalue weighted by Gasteiger charge is -2.07. The van der Waals surface area contributed by atoms with E-state index in [0.29, 0.717) is 23.8 Å². The van der Waals surface area contributed by atoms with Gasteiger partial charge in [-0.1, -0.05) is 24.3 Å². The van der Waals surface area contributed by atoms with E-state index in [1.54, 1.807) is 17.6 Å². The third kappa shape index (κ3) is 2.02. The summed E-state index contributed by atoms with van der Waals surface area (Å²) in [6.07, 6.45) is 1.33. The molecule has 3 rings (SSSR count). The van der Waals surface area contributed by atoms with Crippen LogP contribution in [-0.2, 0) is 11.3 Å². The van der Waals surface area contributed by atoms with Crippen LogP contribution in [0, 0.1) is 5.82 Å². The molecule has 0 spiro atoms. The number of nitrogens with two attached hydrogens (primary N) is 1. The lowest BCUT2D eigenvalue weighted by Crippen LogP contribution is -1.97. The van der Waals surface area contributed by atoms with Gasteiger partial charge in [0.2, 0.25) is 0 Å². The Labute approximate surface area is 115 Å². The summed E-state index contributed by atoms with van der Waals surface area (Å²) in [5.41, 5.74) is 9.25. The van der Waals surface area contributed by atoms with E-state index in [1.807, 2.05) is 24.3 Å². The molecule has 0 aliphatic carbocycles. The number of benzene rings is 1. The minimum absolute atomic E-state index is 0.349. The average Bonchev–Trinajstić information content (AvgIpc) is 2.77. The average molecular weight is 271 g/mol. The van der Waals surface area contributed by atoms with E-state index in [-0.39, 0.29) is 5.82 Å². The van der Waals surface area contributed by atoms with Crippen LogP contribution in [0.25, 0.3) is 16.9 Å². The molecule has 0 atom stereocenters. The number of halogens is 1. The summed E-state index contributed by atoms with van der Waals surface area (Å²) in [5, 5.41) is 0. The van der Waals surface area contributed by atoms with Gasteiger partial charge in [-0.15, -0.1) is 0 Å². The van der Waals surface area contributed by atoms with E-state index in [9.17, 15) is 4.39 Å². The Morgan fingerprint density at radius 2 is 2.05 bits per heavy atom. The minimum Gasteiger partial charge on any atom is -0.383 e. The normalized spacial score (nSPS) is 11.1. The molecule has 102 valence electrons. The Morgan fingerprint density at radius 3 is 2.85 bits per heavy atom. The predicted molar refractivity (Wildman–Crippen MR) is 75.7 cm³/mol. The molecule has 2 N–H and O–H groups in total. The molecular formula is C15H14FN3O. The zero-order chi connectivity index (χ0) is 14.1. The summed E-state index contributed by atoms with van der Waals surface area (Å²) < 4.78 is 20.0. The van der Waals surface area contributed by atoms with Crippen LogP contribution >= 0.6 is 0 Å². The maximum atomic E-state index is 13.3. The van der Waals surface area contributed by atoms with Gasteiger partial charge in [-0.3, -0.25) is 4.40 Å². The van der Waals surface area contributed by atoms with Crippen LogP contribution in [0.15, 0.2) is 42.6 Å². The van der Waals surface area contributed by atoms with Crippen molar-refractivity contribution in [3.8, 4) is 11.3 Å². The molecule has 2 heterocycles. The first-order valence-electron chi connectivity index (χ1n) is 6.21. The van der Waals surface area contributed by atoms with Gasteiger partial charge < -0.3 is 10.5 Å². The van der Waals surface area contributed by atoms with Crippen LogP contribution in [0.2, 0.25) is 0 Å². The van der Waals surface area contributed by atoms with Gasteiger partial charge in [0.1, 0.15) is 23.0 Å². The highest BCUT2D eigenvalue weighted by Gasteiger charge is 2.14. The van der Waals surface area contributed by atoms with Crippen molar-refractivity contribution in [1.29, 1.82) is 0 Å². The molecule has 0 unspecified atom stereocenters. The Kier molecular flexibility index (Phi) is 3.12. The van der Waals surface area contributed by atoms with Crippen molar-refractivity contribution in [2.24, 2.45) is 0 Å². The fourth-order valence-electron chi connectivity index (χ4n) is 2.27. The van der Waals surface area contributed by atoms with Gasteiger partial charge in [0, 0.05) is 18.9 Å². The monoisotopic (exact) mass is 271 g/mol. The molecule has 0 amide bonds. The summed E-state index contributed by atoms with van der Waals surface area (Å²) in [7, 11) is 1.64. The summed E-state index contributed by atoms with van der Waals surface area (Å²) >= 11 is 0. The van der Waals surface area contributed by atoms with Gasteiger partial charge in [-0.05, 0) is 17.7 Å². The third-order valence-electron chi connectivity index (χ3n) is 3.19. The van der Waals surface area contributed by atoms with Crippen molar-refractivity contribution in [3.63, 3.8) is 0 Å². The molecule has 0 aliphatic rings. The standard InChI is InChI=1S/C15H14FN3O/c1-20-9-10-4-2-3-5-12(10)14-15(17)19-8-11(16)6-7-13(19)18-14/h2-8H,9,17H2,1H3. The number of methoxy groups -OCH3 is 1. The van der Waals surface area contributed by atoms with Crippen LogP contribution in [0.5, 0.6) is 0 Å². The zero-order valence-corrected chi connectivity index (χ0v) is 11.0. The molecule has 4 nitrogen and oxygen atoms in total. The molecule has 0 bridgehead atoms. The number of aromatic nitrogens is 2. The largest absolute Gasteiger partial charge is 0.383 e.